The molecule has 2 fully saturated rings. The Morgan fingerprint density at radius 2 is 1.81 bits per heavy atom. The lowest BCUT2D eigenvalue weighted by atomic mass is 9.84. The molecule has 94 valence electrons. The number of rotatable bonds is 4. The fraction of sp³-hybridized carbons (Fsp3) is 1.00. The Bertz CT molecular complexity index is 199. The largest absolute Gasteiger partial charge is 0.396 e. The van der Waals surface area contributed by atoms with Crippen LogP contribution in [0.15, 0.2) is 0 Å². The van der Waals surface area contributed by atoms with Crippen LogP contribution in [0.5, 0.6) is 0 Å². The SMILES string of the molecule is CCC1CCC(NC2CCCC2CO)CC1. The van der Waals surface area contributed by atoms with E-state index in [4.69, 9.17) is 0 Å². The molecule has 0 saturated heterocycles. The molecule has 2 atom stereocenters. The minimum atomic E-state index is 0.377. The van der Waals surface area contributed by atoms with Gasteiger partial charge in [-0.15, -0.1) is 0 Å². The fourth-order valence-electron chi connectivity index (χ4n) is 3.51. The fourth-order valence-corrected chi connectivity index (χ4v) is 3.51. The molecule has 2 aliphatic carbocycles. The van der Waals surface area contributed by atoms with Crippen molar-refractivity contribution in [3.8, 4) is 0 Å². The van der Waals surface area contributed by atoms with Gasteiger partial charge in [-0.1, -0.05) is 19.8 Å². The van der Waals surface area contributed by atoms with E-state index >= 15 is 0 Å². The van der Waals surface area contributed by atoms with Crippen LogP contribution in [0.3, 0.4) is 0 Å². The predicted molar refractivity (Wildman–Crippen MR) is 67.4 cm³/mol. The third-order valence-corrected chi connectivity index (χ3v) is 4.77. The van der Waals surface area contributed by atoms with E-state index in [1.807, 2.05) is 0 Å². The Hall–Kier alpha value is -0.0800. The maximum absolute atomic E-state index is 9.31. The molecule has 0 aromatic rings. The number of aliphatic hydroxyl groups excluding tert-OH is 1. The number of hydrogen-bond donors (Lipinski definition) is 2. The van der Waals surface area contributed by atoms with Crippen molar-refractivity contribution in [2.75, 3.05) is 6.61 Å². The molecule has 2 saturated carbocycles. The lowest BCUT2D eigenvalue weighted by molar-refractivity contribution is 0.186. The topological polar surface area (TPSA) is 32.3 Å². The van der Waals surface area contributed by atoms with Gasteiger partial charge in [-0.05, 0) is 50.4 Å². The molecule has 0 spiro atoms. The molecule has 16 heavy (non-hydrogen) atoms. The quantitative estimate of drug-likeness (QED) is 0.771. The molecule has 0 bridgehead atoms. The molecule has 0 aromatic carbocycles. The van der Waals surface area contributed by atoms with Crippen LogP contribution in [0.1, 0.15) is 58.3 Å². The lowest BCUT2D eigenvalue weighted by Crippen LogP contribution is -2.43. The van der Waals surface area contributed by atoms with Crippen LogP contribution in [0.25, 0.3) is 0 Å². The maximum Gasteiger partial charge on any atom is 0.0474 e. The maximum atomic E-state index is 9.31. The van der Waals surface area contributed by atoms with E-state index in [0.29, 0.717) is 18.6 Å². The first kappa shape index (κ1) is 12.4. The van der Waals surface area contributed by atoms with Gasteiger partial charge in [0.1, 0.15) is 0 Å². The van der Waals surface area contributed by atoms with E-state index in [1.54, 1.807) is 0 Å². The smallest absolute Gasteiger partial charge is 0.0474 e. The molecule has 0 aromatic heterocycles. The van der Waals surface area contributed by atoms with Crippen LogP contribution in [0, 0.1) is 11.8 Å². The molecule has 2 rings (SSSR count). The van der Waals surface area contributed by atoms with Crippen LogP contribution >= 0.6 is 0 Å². The highest BCUT2D eigenvalue weighted by Crippen LogP contribution is 2.30. The molecule has 2 N–H and O–H groups in total. The van der Waals surface area contributed by atoms with Crippen molar-refractivity contribution in [1.29, 1.82) is 0 Å². The number of hydrogen-bond acceptors (Lipinski definition) is 2. The highest BCUT2D eigenvalue weighted by atomic mass is 16.3. The Morgan fingerprint density at radius 3 is 2.44 bits per heavy atom. The Balaban J connectivity index is 1.73. The first-order chi connectivity index (χ1) is 7.83. The third kappa shape index (κ3) is 2.98. The second-order valence-electron chi connectivity index (χ2n) is 5.77. The second kappa shape index (κ2) is 6.02. The summed E-state index contributed by atoms with van der Waals surface area (Å²) < 4.78 is 0. The number of aliphatic hydroxyl groups is 1. The summed E-state index contributed by atoms with van der Waals surface area (Å²) in [6.45, 7) is 2.69. The summed E-state index contributed by atoms with van der Waals surface area (Å²) in [5, 5.41) is 13.1. The number of nitrogens with one attached hydrogen (secondary N) is 1. The molecule has 2 nitrogen and oxygen atoms in total. The zero-order valence-electron chi connectivity index (χ0n) is 10.6. The summed E-state index contributed by atoms with van der Waals surface area (Å²) in [7, 11) is 0. The molecular weight excluding hydrogens is 198 g/mol. The third-order valence-electron chi connectivity index (χ3n) is 4.77. The van der Waals surface area contributed by atoms with Crippen LogP contribution in [-0.4, -0.2) is 23.8 Å². The summed E-state index contributed by atoms with van der Waals surface area (Å²) in [6, 6.07) is 1.34. The normalized spacial score (nSPS) is 40.1. The summed E-state index contributed by atoms with van der Waals surface area (Å²) >= 11 is 0. The van der Waals surface area contributed by atoms with Gasteiger partial charge in [-0.2, -0.15) is 0 Å². The highest BCUT2D eigenvalue weighted by Gasteiger charge is 2.29. The summed E-state index contributed by atoms with van der Waals surface area (Å²) in [6.07, 6.45) is 10.7. The van der Waals surface area contributed by atoms with Gasteiger partial charge in [0.05, 0.1) is 0 Å². The van der Waals surface area contributed by atoms with Crippen LogP contribution in [0.2, 0.25) is 0 Å². The Morgan fingerprint density at radius 1 is 1.06 bits per heavy atom. The van der Waals surface area contributed by atoms with Crippen LogP contribution in [0.4, 0.5) is 0 Å². The molecule has 2 heteroatoms. The molecule has 0 amide bonds. The molecular formula is C14H27NO. The van der Waals surface area contributed by atoms with Crippen molar-refractivity contribution in [2.45, 2.75) is 70.4 Å². The van der Waals surface area contributed by atoms with E-state index in [9.17, 15) is 5.11 Å². The first-order valence-corrected chi connectivity index (χ1v) is 7.20. The van der Waals surface area contributed by atoms with Gasteiger partial charge in [0.2, 0.25) is 0 Å². The Labute approximate surface area is 99.8 Å². The summed E-state index contributed by atoms with van der Waals surface area (Å²) in [4.78, 5) is 0. The Kier molecular flexibility index (Phi) is 4.66. The van der Waals surface area contributed by atoms with E-state index in [0.717, 1.165) is 12.0 Å². The van der Waals surface area contributed by atoms with Crippen molar-refractivity contribution in [3.05, 3.63) is 0 Å². The van der Waals surface area contributed by atoms with Gasteiger partial charge in [0, 0.05) is 18.7 Å². The standard InChI is InChI=1S/C14H27NO/c1-2-11-6-8-13(9-7-11)15-14-5-3-4-12(14)10-16/h11-16H,2-10H2,1H3. The minimum Gasteiger partial charge on any atom is -0.396 e. The zero-order valence-corrected chi connectivity index (χ0v) is 10.6. The monoisotopic (exact) mass is 225 g/mol. The van der Waals surface area contributed by atoms with Gasteiger partial charge in [-0.3, -0.25) is 0 Å². The highest BCUT2D eigenvalue weighted by molar-refractivity contribution is 4.87. The first-order valence-electron chi connectivity index (χ1n) is 7.20. The average molecular weight is 225 g/mol. The van der Waals surface area contributed by atoms with Gasteiger partial charge in [-0.25, -0.2) is 0 Å². The summed E-state index contributed by atoms with van der Waals surface area (Å²) in [5.74, 6) is 1.51. The van der Waals surface area contributed by atoms with E-state index in [2.05, 4.69) is 12.2 Å². The molecule has 2 unspecified atom stereocenters. The molecule has 0 radical (unpaired) electrons. The van der Waals surface area contributed by atoms with Crippen molar-refractivity contribution in [2.24, 2.45) is 11.8 Å². The van der Waals surface area contributed by atoms with E-state index < -0.39 is 0 Å². The van der Waals surface area contributed by atoms with Crippen molar-refractivity contribution < 1.29 is 5.11 Å². The molecule has 0 aliphatic heterocycles. The van der Waals surface area contributed by atoms with Crippen LogP contribution in [-0.2, 0) is 0 Å². The predicted octanol–water partition coefficient (Wildman–Crippen LogP) is 2.71. The van der Waals surface area contributed by atoms with E-state index in [1.165, 1.54) is 51.4 Å². The van der Waals surface area contributed by atoms with Crippen molar-refractivity contribution in [3.63, 3.8) is 0 Å². The van der Waals surface area contributed by atoms with Gasteiger partial charge >= 0.3 is 0 Å². The summed E-state index contributed by atoms with van der Waals surface area (Å²) in [5.41, 5.74) is 0. The zero-order chi connectivity index (χ0) is 11.4. The molecule has 0 heterocycles. The van der Waals surface area contributed by atoms with Crippen molar-refractivity contribution in [1.82, 2.24) is 5.32 Å². The average Bonchev–Trinajstić information content (AvgIpc) is 2.77. The lowest BCUT2D eigenvalue weighted by Gasteiger charge is -2.32. The van der Waals surface area contributed by atoms with Gasteiger partial charge < -0.3 is 10.4 Å². The second-order valence-corrected chi connectivity index (χ2v) is 5.77. The van der Waals surface area contributed by atoms with Crippen LogP contribution < -0.4 is 5.32 Å². The van der Waals surface area contributed by atoms with Gasteiger partial charge in [0.15, 0.2) is 0 Å². The van der Waals surface area contributed by atoms with Crippen molar-refractivity contribution >= 4 is 0 Å². The van der Waals surface area contributed by atoms with E-state index in [-0.39, 0.29) is 0 Å². The van der Waals surface area contributed by atoms with Gasteiger partial charge in [0.25, 0.3) is 0 Å². The molecule has 2 aliphatic rings. The minimum absolute atomic E-state index is 0.377.